The van der Waals surface area contributed by atoms with Crippen LogP contribution < -0.4 is 20.0 Å². The molecule has 4 N–H and O–H groups in total. The molecular weight excluding hydrogens is 1080 g/mol. The van der Waals surface area contributed by atoms with E-state index in [0.29, 0.717) is 0 Å². The molecule has 22 heteroatoms. The molecule has 0 radical (unpaired) electrons. The van der Waals surface area contributed by atoms with Crippen molar-refractivity contribution in [2.24, 2.45) is 0 Å². The van der Waals surface area contributed by atoms with Gasteiger partial charge in [0.05, 0.1) is 9.79 Å². The molecule has 4 aromatic rings. The number of anilines is 3. The van der Waals surface area contributed by atoms with Gasteiger partial charge in [0, 0.05) is 70.6 Å². The number of nitrogens with one attached hydrogen (secondary N) is 1. The van der Waals surface area contributed by atoms with Crippen molar-refractivity contribution < 1.29 is 48.5 Å². The molecule has 0 unspecified atom stereocenters. The zero-order valence-corrected chi connectivity index (χ0v) is 41.8. The molecule has 0 saturated carbocycles. The molecule has 4 saturated heterocycles. The van der Waals surface area contributed by atoms with Crippen molar-refractivity contribution in [3.63, 3.8) is 0 Å². The Balaban J connectivity index is 0.000000396. The van der Waals surface area contributed by atoms with Gasteiger partial charge in [0.15, 0.2) is 0 Å². The Kier molecular flexibility index (Phi) is 29.3. The lowest BCUT2D eigenvalue weighted by molar-refractivity contribution is -0.127. The van der Waals surface area contributed by atoms with Crippen LogP contribution in [-0.4, -0.2) is 102 Å². The van der Waals surface area contributed by atoms with E-state index in [2.05, 4.69) is 108 Å². The van der Waals surface area contributed by atoms with Crippen LogP contribution in [0.4, 0.5) is 17.1 Å². The molecule has 4 aliphatic heterocycles. The van der Waals surface area contributed by atoms with Gasteiger partial charge in [-0.1, -0.05) is 43.8 Å². The van der Waals surface area contributed by atoms with Crippen molar-refractivity contribution in [2.75, 3.05) is 67.1 Å². The number of halogens is 4. The Morgan fingerprint density at radius 3 is 1.02 bits per heavy atom. The number of carbonyl (C=O) groups excluding carboxylic acids is 2. The quantitative estimate of drug-likeness (QED) is 0.0612. The fraction of sp³-hybridized carbons (Fsp3) is 0.395. The van der Waals surface area contributed by atoms with Crippen LogP contribution in [0.25, 0.3) is 0 Å². The molecule has 362 valence electrons. The highest BCUT2D eigenvalue weighted by atomic mass is 127. The van der Waals surface area contributed by atoms with Crippen LogP contribution in [0.3, 0.4) is 0 Å². The molecule has 0 bridgehead atoms. The highest BCUT2D eigenvalue weighted by Crippen LogP contribution is 2.24. The molecule has 0 aromatic heterocycles. The van der Waals surface area contributed by atoms with Crippen molar-refractivity contribution >= 4 is 114 Å². The van der Waals surface area contributed by atoms with Gasteiger partial charge in [0.1, 0.15) is 0 Å². The van der Waals surface area contributed by atoms with Gasteiger partial charge in [-0.2, -0.15) is 16.8 Å². The topological polar surface area (TPSA) is 219 Å². The lowest BCUT2D eigenvalue weighted by Crippen LogP contribution is -2.17. The molecule has 0 aliphatic carbocycles. The molecule has 0 amide bonds. The maximum atomic E-state index is 11.0. The first kappa shape index (κ1) is 59.9. The molecule has 4 heterocycles. The zero-order chi connectivity index (χ0) is 47.6. The van der Waals surface area contributed by atoms with E-state index in [0.717, 1.165) is 37.6 Å². The van der Waals surface area contributed by atoms with Crippen molar-refractivity contribution in [3.05, 3.63) is 113 Å². The van der Waals surface area contributed by atoms with Crippen LogP contribution in [0.1, 0.15) is 58.8 Å². The van der Waals surface area contributed by atoms with Crippen molar-refractivity contribution in [2.45, 2.75) is 68.6 Å². The molecule has 4 aromatic carbocycles. The number of carbonyl (C=O) groups is 2. The minimum Gasteiger partial charge on any atom is -0.372 e. The van der Waals surface area contributed by atoms with E-state index in [1.54, 1.807) is 36.4 Å². The predicted octanol–water partition coefficient (Wildman–Crippen LogP) is 9.20. The summed E-state index contributed by atoms with van der Waals surface area (Å²) in [6.45, 7) is 9.12. The third-order valence-corrected chi connectivity index (χ3v) is 12.7. The predicted molar refractivity (Wildman–Crippen MR) is 270 cm³/mol. The van der Waals surface area contributed by atoms with Gasteiger partial charge in [-0.05, 0) is 183 Å². The molecule has 15 nitrogen and oxygen atoms in total. The monoisotopic (exact) mass is 1130 g/mol. The van der Waals surface area contributed by atoms with Crippen LogP contribution in [0.2, 0.25) is 0 Å². The van der Waals surface area contributed by atoms with Crippen molar-refractivity contribution in [1.82, 2.24) is 5.32 Å². The van der Waals surface area contributed by atoms with Gasteiger partial charge in [-0.3, -0.25) is 23.2 Å². The van der Waals surface area contributed by atoms with Crippen LogP contribution in [-0.2, 0) is 39.2 Å². The lowest BCUT2D eigenvalue weighted by Gasteiger charge is -2.17. The van der Waals surface area contributed by atoms with Gasteiger partial charge in [-0.15, -0.1) is 0 Å². The van der Waals surface area contributed by atoms with E-state index >= 15 is 0 Å². The first-order valence-electron chi connectivity index (χ1n) is 20.1. The zero-order valence-electron chi connectivity index (χ0n) is 34.9. The second-order valence-electron chi connectivity index (χ2n) is 14.1. The van der Waals surface area contributed by atoms with E-state index < -0.39 is 40.1 Å². The third kappa shape index (κ3) is 28.0. The minimum absolute atomic E-state index is 0. The summed E-state index contributed by atoms with van der Waals surface area (Å²) in [5.74, 6) is 0. The van der Waals surface area contributed by atoms with Crippen LogP contribution in [0, 0.1) is 3.57 Å². The van der Waals surface area contributed by atoms with Gasteiger partial charge in [0.2, 0.25) is 0 Å². The second kappa shape index (κ2) is 31.8. The smallest absolute Gasteiger partial charge is 0.372 e. The highest BCUT2D eigenvalue weighted by molar-refractivity contribution is 14.1. The third-order valence-electron chi connectivity index (χ3n) is 9.27. The van der Waals surface area contributed by atoms with E-state index in [1.807, 2.05) is 18.2 Å². The first-order chi connectivity index (χ1) is 30.1. The summed E-state index contributed by atoms with van der Waals surface area (Å²) in [7, 11) is -7.09. The summed E-state index contributed by atoms with van der Waals surface area (Å²) in [5.41, 5.74) is 3.46. The maximum absolute atomic E-state index is 11.0. The van der Waals surface area contributed by atoms with Crippen LogP contribution >= 0.6 is 56.5 Å². The summed E-state index contributed by atoms with van der Waals surface area (Å²) < 4.78 is 85.3. The SMILES string of the molecule is C.C1CCNC1.Ic1ccccc1.O=C(Cl)C(=O)Cl.O=S(=O)(Cl)c1ccc(N2CCCC2)cc1.O=S(=O)(O)O.O=S(=O)(O)c1ccc(N2CCCC2)cc1.c1ccc(N2CCCC2)cc1. The molecule has 4 fully saturated rings. The Bertz CT molecular complexity index is 2170. The normalized spacial score (nSPS) is 15.2. The Morgan fingerprint density at radius 1 is 0.492 bits per heavy atom. The van der Waals surface area contributed by atoms with E-state index in [4.69, 9.17) is 32.8 Å². The summed E-state index contributed by atoms with van der Waals surface area (Å²) in [4.78, 5) is 25.9. The molecule has 65 heavy (non-hydrogen) atoms. The van der Waals surface area contributed by atoms with E-state index in [1.165, 1.54) is 98.9 Å². The van der Waals surface area contributed by atoms with Crippen LogP contribution in [0.5, 0.6) is 0 Å². The van der Waals surface area contributed by atoms with Crippen LogP contribution in [0.15, 0.2) is 119 Å². The summed E-state index contributed by atoms with van der Waals surface area (Å²) in [6.07, 6.45) is 10.3. The molecule has 8 rings (SSSR count). The Morgan fingerprint density at radius 2 is 0.785 bits per heavy atom. The van der Waals surface area contributed by atoms with Gasteiger partial charge >= 0.3 is 20.9 Å². The number of para-hydroxylation sites is 1. The average molecular weight is 1140 g/mol. The second-order valence-corrected chi connectivity index (χ2v) is 20.9. The van der Waals surface area contributed by atoms with Gasteiger partial charge in [-0.25, -0.2) is 8.42 Å². The number of hydrogen-bond donors (Lipinski definition) is 4. The molecule has 0 atom stereocenters. The summed E-state index contributed by atoms with van der Waals surface area (Å²) in [5, 5.41) is 0.938. The fourth-order valence-electron chi connectivity index (χ4n) is 6.25. The fourth-order valence-corrected chi connectivity index (χ4v) is 7.92. The lowest BCUT2D eigenvalue weighted by atomic mass is 10.3. The maximum Gasteiger partial charge on any atom is 0.394 e. The summed E-state index contributed by atoms with van der Waals surface area (Å²) in [6, 6.07) is 33.9. The number of nitrogens with zero attached hydrogens (tertiary/aromatic N) is 3. The van der Waals surface area contributed by atoms with Gasteiger partial charge < -0.3 is 20.0 Å². The molecule has 0 spiro atoms. The van der Waals surface area contributed by atoms with Crippen molar-refractivity contribution in [1.29, 1.82) is 0 Å². The Hall–Kier alpha value is -3.09. The van der Waals surface area contributed by atoms with Gasteiger partial charge in [0.25, 0.3) is 19.2 Å². The number of hydrogen-bond acceptors (Lipinski definition) is 12. The first-order valence-corrected chi connectivity index (χ1v) is 27.1. The average Bonchev–Trinajstić information content (AvgIpc) is 4.11. The van der Waals surface area contributed by atoms with E-state index in [-0.39, 0.29) is 17.2 Å². The largest absolute Gasteiger partial charge is 0.394 e. The number of rotatable bonds is 6. The minimum atomic E-state index is -4.67. The standard InChI is InChI=1S/C10H12ClNO2S.C10H13NO3S.C10H13N.C6H5I.C4H9N.C2Cl2O2.CH4.H2O4S/c11-15(13,14)10-5-3-9(4-6-10)12-7-1-2-8-12;12-15(13,14)10-5-3-9(4-6-10)11-7-1-2-8-11;1-2-6-10(7-3-1)11-8-4-5-9-11;7-6-4-2-1-3-5-6;1-2-4-5-3-1;3-1(5)2(4)6;;1-5(2,3)4/h3-6H,1-2,7-8H2;3-6H,1-2,7-8H2,(H,12,13,14);1-3,6-7H,4-5,8-9H2;1-5H;5H,1-4H2;;1H4;(H2,1,2,3,4). The van der Waals surface area contributed by atoms with Crippen molar-refractivity contribution in [3.8, 4) is 0 Å². The van der Waals surface area contributed by atoms with E-state index in [9.17, 15) is 26.4 Å². The molecule has 4 aliphatic rings. The number of benzene rings is 4. The summed E-state index contributed by atoms with van der Waals surface area (Å²) >= 11 is 11.3. The highest BCUT2D eigenvalue weighted by Gasteiger charge is 2.16. The molecular formula is C43H58Cl3IN4O11S3. The Labute approximate surface area is 412 Å².